The molecule has 0 bridgehead atoms. The lowest BCUT2D eigenvalue weighted by Gasteiger charge is -2.43. The molecule has 4 heteroatoms. The van der Waals surface area contributed by atoms with E-state index in [9.17, 15) is 4.79 Å². The van der Waals surface area contributed by atoms with Crippen LogP contribution in [-0.4, -0.2) is 42.5 Å². The molecule has 1 fully saturated rings. The number of amides is 1. The van der Waals surface area contributed by atoms with E-state index in [-0.39, 0.29) is 11.8 Å². The molecule has 1 heterocycles. The lowest BCUT2D eigenvalue weighted by atomic mass is 9.85. The van der Waals surface area contributed by atoms with Crippen LogP contribution in [0.5, 0.6) is 0 Å². The summed E-state index contributed by atoms with van der Waals surface area (Å²) in [4.78, 5) is 13.7. The summed E-state index contributed by atoms with van der Waals surface area (Å²) < 4.78 is 0. The largest absolute Gasteiger partial charge is 0.368 e. The number of nitrogens with zero attached hydrogens (tertiary/aromatic N) is 1. The van der Waals surface area contributed by atoms with Gasteiger partial charge in [-0.3, -0.25) is 9.69 Å². The van der Waals surface area contributed by atoms with Crippen LogP contribution in [0, 0.1) is 5.92 Å². The van der Waals surface area contributed by atoms with E-state index >= 15 is 0 Å². The number of nitrogens with one attached hydrogen (secondary N) is 1. The monoisotopic (exact) mass is 199 g/mol. The first kappa shape index (κ1) is 11.5. The molecule has 14 heavy (non-hydrogen) atoms. The molecule has 1 aliphatic heterocycles. The summed E-state index contributed by atoms with van der Waals surface area (Å²) >= 11 is 0. The standard InChI is InChI=1S/C10H21N3O/c1-8(2)10(3,9(11)14)13-6-4-12-5-7-13/h8,12H,4-7H2,1-3H3,(H2,11,14). The van der Waals surface area contributed by atoms with Crippen molar-refractivity contribution in [1.29, 1.82) is 0 Å². The fourth-order valence-electron chi connectivity index (χ4n) is 1.93. The van der Waals surface area contributed by atoms with Gasteiger partial charge in [0.15, 0.2) is 0 Å². The second-order valence-corrected chi connectivity index (χ2v) is 4.40. The summed E-state index contributed by atoms with van der Waals surface area (Å²) in [6.45, 7) is 9.73. The van der Waals surface area contributed by atoms with Crippen LogP contribution in [0.15, 0.2) is 0 Å². The normalized spacial score (nSPS) is 23.4. The fourth-order valence-corrected chi connectivity index (χ4v) is 1.93. The van der Waals surface area contributed by atoms with Crippen LogP contribution in [0.1, 0.15) is 20.8 Å². The van der Waals surface area contributed by atoms with Gasteiger partial charge >= 0.3 is 0 Å². The Balaban J connectivity index is 2.80. The molecule has 1 aliphatic rings. The molecular weight excluding hydrogens is 178 g/mol. The van der Waals surface area contributed by atoms with Gasteiger partial charge in [-0.1, -0.05) is 13.8 Å². The number of hydrogen-bond acceptors (Lipinski definition) is 3. The molecule has 4 nitrogen and oxygen atoms in total. The highest BCUT2D eigenvalue weighted by Crippen LogP contribution is 2.24. The van der Waals surface area contributed by atoms with Crippen LogP contribution in [-0.2, 0) is 4.79 Å². The molecule has 1 unspecified atom stereocenters. The Morgan fingerprint density at radius 3 is 2.29 bits per heavy atom. The number of rotatable bonds is 3. The molecule has 0 aromatic rings. The van der Waals surface area contributed by atoms with Crippen LogP contribution in [0.4, 0.5) is 0 Å². The number of piperazine rings is 1. The van der Waals surface area contributed by atoms with Crippen molar-refractivity contribution in [2.75, 3.05) is 26.2 Å². The molecule has 82 valence electrons. The van der Waals surface area contributed by atoms with Crippen molar-refractivity contribution in [3.8, 4) is 0 Å². The highest BCUT2D eigenvalue weighted by atomic mass is 16.1. The Morgan fingerprint density at radius 1 is 1.43 bits per heavy atom. The van der Waals surface area contributed by atoms with Gasteiger partial charge in [0.25, 0.3) is 0 Å². The Morgan fingerprint density at radius 2 is 1.93 bits per heavy atom. The summed E-state index contributed by atoms with van der Waals surface area (Å²) in [5.74, 6) is 0.0347. The maximum Gasteiger partial charge on any atom is 0.237 e. The van der Waals surface area contributed by atoms with Crippen molar-refractivity contribution in [1.82, 2.24) is 10.2 Å². The van der Waals surface area contributed by atoms with Crippen LogP contribution in [0.2, 0.25) is 0 Å². The van der Waals surface area contributed by atoms with E-state index in [0.717, 1.165) is 26.2 Å². The van der Waals surface area contributed by atoms with E-state index in [1.165, 1.54) is 0 Å². The minimum Gasteiger partial charge on any atom is -0.368 e. The van der Waals surface area contributed by atoms with E-state index < -0.39 is 5.54 Å². The number of carbonyl (C=O) groups is 1. The van der Waals surface area contributed by atoms with Crippen molar-refractivity contribution < 1.29 is 4.79 Å². The minimum absolute atomic E-state index is 0.214. The quantitative estimate of drug-likeness (QED) is 0.661. The zero-order valence-corrected chi connectivity index (χ0v) is 9.34. The molecule has 1 atom stereocenters. The summed E-state index contributed by atoms with van der Waals surface area (Å²) in [5.41, 5.74) is 5.00. The van der Waals surface area contributed by atoms with E-state index in [4.69, 9.17) is 5.73 Å². The third kappa shape index (κ3) is 1.91. The first-order valence-electron chi connectivity index (χ1n) is 5.25. The van der Waals surface area contributed by atoms with E-state index in [0.29, 0.717) is 0 Å². The molecule has 0 aliphatic carbocycles. The molecular formula is C10H21N3O. The van der Waals surface area contributed by atoms with Gasteiger partial charge in [-0.15, -0.1) is 0 Å². The van der Waals surface area contributed by atoms with Crippen molar-refractivity contribution in [2.24, 2.45) is 11.7 Å². The van der Waals surface area contributed by atoms with Crippen molar-refractivity contribution >= 4 is 5.91 Å². The van der Waals surface area contributed by atoms with Gasteiger partial charge in [0, 0.05) is 26.2 Å². The van der Waals surface area contributed by atoms with Gasteiger partial charge in [0.2, 0.25) is 5.91 Å². The van der Waals surface area contributed by atoms with Gasteiger partial charge in [0.05, 0.1) is 5.54 Å². The Bertz CT molecular complexity index is 211. The third-order valence-corrected chi connectivity index (χ3v) is 3.40. The summed E-state index contributed by atoms with van der Waals surface area (Å²) in [7, 11) is 0. The summed E-state index contributed by atoms with van der Waals surface area (Å²) in [5, 5.41) is 3.27. The van der Waals surface area contributed by atoms with Gasteiger partial charge in [0.1, 0.15) is 0 Å². The zero-order valence-electron chi connectivity index (χ0n) is 9.34. The van der Waals surface area contributed by atoms with E-state index in [2.05, 4.69) is 10.2 Å². The van der Waals surface area contributed by atoms with Crippen molar-refractivity contribution in [2.45, 2.75) is 26.3 Å². The molecule has 1 amide bonds. The van der Waals surface area contributed by atoms with Crippen LogP contribution < -0.4 is 11.1 Å². The number of carbonyl (C=O) groups excluding carboxylic acids is 1. The second kappa shape index (κ2) is 4.28. The lowest BCUT2D eigenvalue weighted by molar-refractivity contribution is -0.132. The van der Waals surface area contributed by atoms with Crippen molar-refractivity contribution in [3.05, 3.63) is 0 Å². The van der Waals surface area contributed by atoms with Crippen LogP contribution in [0.25, 0.3) is 0 Å². The molecule has 0 aromatic heterocycles. The number of nitrogens with two attached hydrogens (primary N) is 1. The molecule has 1 saturated heterocycles. The predicted octanol–water partition coefficient (Wildman–Crippen LogP) is -0.208. The van der Waals surface area contributed by atoms with Crippen molar-refractivity contribution in [3.63, 3.8) is 0 Å². The first-order chi connectivity index (χ1) is 6.49. The maximum absolute atomic E-state index is 11.5. The SMILES string of the molecule is CC(C)C(C)(C(N)=O)N1CCNCC1. The lowest BCUT2D eigenvalue weighted by Crippen LogP contribution is -2.63. The number of hydrogen-bond donors (Lipinski definition) is 2. The van der Waals surface area contributed by atoms with Gasteiger partial charge in [-0.25, -0.2) is 0 Å². The summed E-state index contributed by atoms with van der Waals surface area (Å²) in [6.07, 6.45) is 0. The topological polar surface area (TPSA) is 58.4 Å². The Labute approximate surface area is 85.8 Å². The highest BCUT2D eigenvalue weighted by molar-refractivity contribution is 5.84. The van der Waals surface area contributed by atoms with E-state index in [1.807, 2.05) is 20.8 Å². The third-order valence-electron chi connectivity index (χ3n) is 3.40. The van der Waals surface area contributed by atoms with E-state index in [1.54, 1.807) is 0 Å². The smallest absolute Gasteiger partial charge is 0.237 e. The first-order valence-corrected chi connectivity index (χ1v) is 5.25. The highest BCUT2D eigenvalue weighted by Gasteiger charge is 2.40. The molecule has 0 saturated carbocycles. The number of primary amides is 1. The molecule has 3 N–H and O–H groups in total. The minimum atomic E-state index is -0.498. The Kier molecular flexibility index (Phi) is 3.50. The fraction of sp³-hybridized carbons (Fsp3) is 0.900. The Hall–Kier alpha value is -0.610. The molecule has 1 rings (SSSR count). The molecule has 0 radical (unpaired) electrons. The van der Waals surface area contributed by atoms with Crippen LogP contribution in [0.3, 0.4) is 0 Å². The molecule has 0 aromatic carbocycles. The van der Waals surface area contributed by atoms with Crippen LogP contribution >= 0.6 is 0 Å². The van der Waals surface area contributed by atoms with Gasteiger partial charge in [-0.05, 0) is 12.8 Å². The average molecular weight is 199 g/mol. The predicted molar refractivity (Wildman–Crippen MR) is 56.9 cm³/mol. The molecule has 0 spiro atoms. The second-order valence-electron chi connectivity index (χ2n) is 4.40. The summed E-state index contributed by atoms with van der Waals surface area (Å²) in [6, 6.07) is 0. The van der Waals surface area contributed by atoms with Gasteiger partial charge < -0.3 is 11.1 Å². The average Bonchev–Trinajstić information content (AvgIpc) is 2.17. The maximum atomic E-state index is 11.5. The van der Waals surface area contributed by atoms with Gasteiger partial charge in [-0.2, -0.15) is 0 Å². The zero-order chi connectivity index (χ0) is 10.8.